The van der Waals surface area contributed by atoms with Crippen LogP contribution in [-0.2, 0) is 19.5 Å². The average molecular weight is 342 g/mol. The number of fused-ring (bicyclic) bond motifs is 3. The number of benzene rings is 1. The second-order valence-corrected chi connectivity index (χ2v) is 7.27. The zero-order chi connectivity index (χ0) is 16.5. The lowest BCUT2D eigenvalue weighted by Gasteiger charge is -2.26. The molecule has 1 aromatic carbocycles. The van der Waals surface area contributed by atoms with Crippen molar-refractivity contribution < 1.29 is 4.39 Å². The largest absolute Gasteiger partial charge is 0.358 e. The third kappa shape index (κ3) is 3.03. The van der Waals surface area contributed by atoms with Gasteiger partial charge in [0.2, 0.25) is 0 Å². The van der Waals surface area contributed by atoms with Crippen LogP contribution in [0.4, 0.5) is 4.39 Å². The molecule has 1 aliphatic heterocycles. The molecule has 0 saturated heterocycles. The summed E-state index contributed by atoms with van der Waals surface area (Å²) in [5.74, 6) is 0.796. The van der Waals surface area contributed by atoms with Gasteiger partial charge in [-0.2, -0.15) is 0 Å². The van der Waals surface area contributed by atoms with Gasteiger partial charge in [-0.05, 0) is 29.5 Å². The standard InChI is InChI=1S/C18H19FN4S/c1-2-24-18-20-8-12(9-21-18)10-23-6-5-17-15(11-23)14-7-13(19)3-4-16(14)22-17/h3-4,7-9,22H,2,5-6,10-11H2,1H3. The lowest BCUT2D eigenvalue weighted by molar-refractivity contribution is 0.245. The first kappa shape index (κ1) is 15.6. The quantitative estimate of drug-likeness (QED) is 0.579. The number of hydrogen-bond acceptors (Lipinski definition) is 4. The zero-order valence-corrected chi connectivity index (χ0v) is 14.4. The first-order chi connectivity index (χ1) is 11.7. The van der Waals surface area contributed by atoms with Gasteiger partial charge in [0.15, 0.2) is 5.16 Å². The molecule has 0 atom stereocenters. The molecule has 1 aliphatic rings. The summed E-state index contributed by atoms with van der Waals surface area (Å²) in [4.78, 5) is 14.6. The smallest absolute Gasteiger partial charge is 0.187 e. The second-order valence-electron chi connectivity index (χ2n) is 6.04. The van der Waals surface area contributed by atoms with Crippen molar-refractivity contribution in [2.75, 3.05) is 12.3 Å². The van der Waals surface area contributed by atoms with Gasteiger partial charge in [0, 0.05) is 60.6 Å². The molecule has 0 saturated carbocycles. The lowest BCUT2D eigenvalue weighted by atomic mass is 10.0. The second kappa shape index (κ2) is 6.53. The average Bonchev–Trinajstić information content (AvgIpc) is 2.94. The van der Waals surface area contributed by atoms with E-state index in [1.165, 1.54) is 17.3 Å². The number of nitrogens with one attached hydrogen (secondary N) is 1. The minimum absolute atomic E-state index is 0.182. The molecule has 0 amide bonds. The number of thioether (sulfide) groups is 1. The molecule has 3 aromatic rings. The van der Waals surface area contributed by atoms with Gasteiger partial charge in [-0.25, -0.2) is 14.4 Å². The van der Waals surface area contributed by atoms with E-state index in [0.29, 0.717) is 0 Å². The lowest BCUT2D eigenvalue weighted by Crippen LogP contribution is -2.29. The van der Waals surface area contributed by atoms with Gasteiger partial charge in [0.25, 0.3) is 0 Å². The number of H-pyrrole nitrogens is 1. The van der Waals surface area contributed by atoms with Crippen molar-refractivity contribution in [3.8, 4) is 0 Å². The van der Waals surface area contributed by atoms with E-state index in [4.69, 9.17) is 0 Å². The molecule has 3 heterocycles. The Kier molecular flexibility index (Phi) is 4.24. The van der Waals surface area contributed by atoms with E-state index in [0.717, 1.165) is 53.4 Å². The van der Waals surface area contributed by atoms with E-state index in [-0.39, 0.29) is 5.82 Å². The molecule has 1 N–H and O–H groups in total. The number of aromatic amines is 1. The fourth-order valence-corrected chi connectivity index (χ4v) is 3.78. The van der Waals surface area contributed by atoms with Crippen LogP contribution < -0.4 is 0 Å². The Morgan fingerprint density at radius 2 is 2.12 bits per heavy atom. The van der Waals surface area contributed by atoms with E-state index in [2.05, 4.69) is 26.8 Å². The molecule has 0 spiro atoms. The molecule has 0 aliphatic carbocycles. The minimum Gasteiger partial charge on any atom is -0.358 e. The van der Waals surface area contributed by atoms with Gasteiger partial charge in [0.1, 0.15) is 5.82 Å². The maximum atomic E-state index is 13.6. The van der Waals surface area contributed by atoms with Crippen molar-refractivity contribution in [1.82, 2.24) is 19.9 Å². The first-order valence-corrected chi connectivity index (χ1v) is 9.16. The maximum Gasteiger partial charge on any atom is 0.187 e. The molecule has 124 valence electrons. The van der Waals surface area contributed by atoms with E-state index >= 15 is 0 Å². The summed E-state index contributed by atoms with van der Waals surface area (Å²) in [6, 6.07) is 4.97. The van der Waals surface area contributed by atoms with Gasteiger partial charge in [-0.1, -0.05) is 18.7 Å². The zero-order valence-electron chi connectivity index (χ0n) is 13.6. The summed E-state index contributed by atoms with van der Waals surface area (Å²) in [5.41, 5.74) is 4.59. The van der Waals surface area contributed by atoms with Crippen molar-refractivity contribution in [1.29, 1.82) is 0 Å². The number of nitrogens with zero attached hydrogens (tertiary/aromatic N) is 3. The summed E-state index contributed by atoms with van der Waals surface area (Å²) in [6.07, 6.45) is 4.78. The van der Waals surface area contributed by atoms with Crippen LogP contribution in [0.25, 0.3) is 10.9 Å². The van der Waals surface area contributed by atoms with E-state index in [1.807, 2.05) is 18.5 Å². The highest BCUT2D eigenvalue weighted by Crippen LogP contribution is 2.29. The molecule has 0 unspecified atom stereocenters. The number of aromatic nitrogens is 3. The monoisotopic (exact) mass is 342 g/mol. The predicted octanol–water partition coefficient (Wildman–Crippen LogP) is 3.77. The van der Waals surface area contributed by atoms with Gasteiger partial charge in [0.05, 0.1) is 0 Å². The van der Waals surface area contributed by atoms with Crippen LogP contribution in [0, 0.1) is 5.82 Å². The first-order valence-electron chi connectivity index (χ1n) is 8.18. The highest BCUT2D eigenvalue weighted by atomic mass is 32.2. The summed E-state index contributed by atoms with van der Waals surface area (Å²) in [5, 5.41) is 1.83. The van der Waals surface area contributed by atoms with Gasteiger partial charge >= 0.3 is 0 Å². The van der Waals surface area contributed by atoms with E-state index in [1.54, 1.807) is 17.8 Å². The molecular formula is C18H19FN4S. The topological polar surface area (TPSA) is 44.8 Å². The number of rotatable bonds is 4. The molecule has 4 rings (SSSR count). The van der Waals surface area contributed by atoms with Gasteiger partial charge < -0.3 is 4.98 Å². The molecule has 0 radical (unpaired) electrons. The molecule has 0 fully saturated rings. The normalized spacial score (nSPS) is 14.9. The SMILES string of the molecule is CCSc1ncc(CN2CCc3[nH]c4ccc(F)cc4c3C2)cn1. The summed E-state index contributed by atoms with van der Waals surface area (Å²) in [7, 11) is 0. The third-order valence-corrected chi connectivity index (χ3v) is 5.14. The number of halogens is 1. The summed E-state index contributed by atoms with van der Waals surface area (Å²) >= 11 is 1.65. The summed E-state index contributed by atoms with van der Waals surface area (Å²) < 4.78 is 13.6. The van der Waals surface area contributed by atoms with Crippen LogP contribution in [-0.4, -0.2) is 32.1 Å². The van der Waals surface area contributed by atoms with Crippen LogP contribution in [0.3, 0.4) is 0 Å². The Hall–Kier alpha value is -1.92. The Balaban J connectivity index is 1.53. The maximum absolute atomic E-state index is 13.6. The molecule has 4 nitrogen and oxygen atoms in total. The van der Waals surface area contributed by atoms with Crippen LogP contribution in [0.1, 0.15) is 23.7 Å². The van der Waals surface area contributed by atoms with Crippen molar-refractivity contribution in [3.05, 3.63) is 53.2 Å². The minimum atomic E-state index is -0.182. The Morgan fingerprint density at radius 3 is 2.92 bits per heavy atom. The van der Waals surface area contributed by atoms with Crippen molar-refractivity contribution in [2.45, 2.75) is 31.6 Å². The molecule has 24 heavy (non-hydrogen) atoms. The number of hydrogen-bond donors (Lipinski definition) is 1. The van der Waals surface area contributed by atoms with Crippen LogP contribution in [0.5, 0.6) is 0 Å². The van der Waals surface area contributed by atoms with Gasteiger partial charge in [-0.3, -0.25) is 4.90 Å². The Labute approximate surface area is 144 Å². The van der Waals surface area contributed by atoms with Crippen LogP contribution in [0.2, 0.25) is 0 Å². The Bertz CT molecular complexity index is 859. The van der Waals surface area contributed by atoms with Crippen molar-refractivity contribution >= 4 is 22.7 Å². The van der Waals surface area contributed by atoms with E-state index < -0.39 is 0 Å². The fraction of sp³-hybridized carbons (Fsp3) is 0.333. The third-order valence-electron chi connectivity index (χ3n) is 4.38. The van der Waals surface area contributed by atoms with Gasteiger partial charge in [-0.15, -0.1) is 0 Å². The predicted molar refractivity (Wildman–Crippen MR) is 94.5 cm³/mol. The fourth-order valence-electron chi connectivity index (χ4n) is 3.26. The molecule has 6 heteroatoms. The molecular weight excluding hydrogens is 323 g/mol. The Morgan fingerprint density at radius 1 is 1.29 bits per heavy atom. The van der Waals surface area contributed by atoms with Crippen molar-refractivity contribution in [3.63, 3.8) is 0 Å². The highest BCUT2D eigenvalue weighted by Gasteiger charge is 2.21. The molecule has 0 bridgehead atoms. The summed E-state index contributed by atoms with van der Waals surface area (Å²) in [6.45, 7) is 4.72. The van der Waals surface area contributed by atoms with Crippen LogP contribution >= 0.6 is 11.8 Å². The van der Waals surface area contributed by atoms with Crippen LogP contribution in [0.15, 0.2) is 35.7 Å². The molecule has 2 aromatic heterocycles. The van der Waals surface area contributed by atoms with E-state index in [9.17, 15) is 4.39 Å². The highest BCUT2D eigenvalue weighted by molar-refractivity contribution is 7.99. The van der Waals surface area contributed by atoms with Crippen molar-refractivity contribution in [2.24, 2.45) is 0 Å².